The van der Waals surface area contributed by atoms with Crippen LogP contribution in [-0.4, -0.2) is 26.3 Å². The van der Waals surface area contributed by atoms with E-state index in [9.17, 15) is 0 Å². The molecule has 1 fully saturated rings. The summed E-state index contributed by atoms with van der Waals surface area (Å²) in [6.45, 7) is 7.53. The first-order valence-corrected chi connectivity index (χ1v) is 6.68. The van der Waals surface area contributed by atoms with Crippen molar-refractivity contribution in [3.05, 3.63) is 61.0 Å². The van der Waals surface area contributed by atoms with E-state index in [1.165, 1.54) is 16.8 Å². The highest BCUT2D eigenvalue weighted by molar-refractivity contribution is 5.66. The van der Waals surface area contributed by atoms with Gasteiger partial charge in [0.1, 0.15) is 0 Å². The van der Waals surface area contributed by atoms with Gasteiger partial charge in [-0.3, -0.25) is 0 Å². The van der Waals surface area contributed by atoms with Crippen molar-refractivity contribution in [2.75, 3.05) is 31.2 Å². The zero-order valence-electron chi connectivity index (χ0n) is 11.0. The molecule has 0 N–H and O–H groups in total. The predicted octanol–water partition coefficient (Wildman–Crippen LogP) is 3.37. The number of hydrogen-bond acceptors (Lipinski definition) is 2. The molecule has 2 aromatic carbocycles. The molecule has 1 radical (unpaired) electrons. The molecule has 1 heterocycles. The van der Waals surface area contributed by atoms with Crippen molar-refractivity contribution in [3.8, 4) is 11.1 Å². The molecule has 0 amide bonds. The second-order valence-electron chi connectivity index (χ2n) is 4.84. The molecule has 0 aliphatic carbocycles. The van der Waals surface area contributed by atoms with Crippen LogP contribution in [0.3, 0.4) is 0 Å². The van der Waals surface area contributed by atoms with Gasteiger partial charge in [0, 0.05) is 18.8 Å². The van der Waals surface area contributed by atoms with Crippen LogP contribution < -0.4 is 4.90 Å². The number of anilines is 1. The SMILES string of the molecule is [CH2]c1ccc(-c2ccc(N3CCOCC3)cc2)cc1. The van der Waals surface area contributed by atoms with Crippen molar-refractivity contribution in [2.45, 2.75) is 0 Å². The molecule has 19 heavy (non-hydrogen) atoms. The molecule has 2 aromatic rings. The van der Waals surface area contributed by atoms with Gasteiger partial charge in [-0.1, -0.05) is 36.4 Å². The Hall–Kier alpha value is -1.80. The molecular formula is C17H18NO. The number of rotatable bonds is 2. The highest BCUT2D eigenvalue weighted by atomic mass is 16.5. The van der Waals surface area contributed by atoms with Crippen molar-refractivity contribution < 1.29 is 4.74 Å². The lowest BCUT2D eigenvalue weighted by Crippen LogP contribution is -2.36. The van der Waals surface area contributed by atoms with Crippen molar-refractivity contribution in [3.63, 3.8) is 0 Å². The highest BCUT2D eigenvalue weighted by Gasteiger charge is 2.10. The Balaban J connectivity index is 1.80. The van der Waals surface area contributed by atoms with E-state index >= 15 is 0 Å². The summed E-state index contributed by atoms with van der Waals surface area (Å²) in [5, 5.41) is 0. The highest BCUT2D eigenvalue weighted by Crippen LogP contribution is 2.24. The topological polar surface area (TPSA) is 12.5 Å². The second-order valence-corrected chi connectivity index (χ2v) is 4.84. The van der Waals surface area contributed by atoms with Crippen LogP contribution in [0.25, 0.3) is 11.1 Å². The Kier molecular flexibility index (Phi) is 3.51. The van der Waals surface area contributed by atoms with E-state index in [0.29, 0.717) is 0 Å². The second kappa shape index (κ2) is 5.45. The molecule has 1 aliphatic heterocycles. The molecular weight excluding hydrogens is 234 g/mol. The van der Waals surface area contributed by atoms with E-state index in [1.807, 2.05) is 12.1 Å². The average molecular weight is 252 g/mol. The normalized spacial score (nSPS) is 15.5. The molecule has 0 bridgehead atoms. The summed E-state index contributed by atoms with van der Waals surface area (Å²) in [5.74, 6) is 0. The van der Waals surface area contributed by atoms with Gasteiger partial charge >= 0.3 is 0 Å². The van der Waals surface area contributed by atoms with Gasteiger partial charge in [-0.25, -0.2) is 0 Å². The number of ether oxygens (including phenoxy) is 1. The van der Waals surface area contributed by atoms with E-state index in [2.05, 4.69) is 48.2 Å². The lowest BCUT2D eigenvalue weighted by atomic mass is 10.0. The minimum Gasteiger partial charge on any atom is -0.378 e. The molecule has 0 spiro atoms. The Morgan fingerprint density at radius 3 is 1.89 bits per heavy atom. The lowest BCUT2D eigenvalue weighted by molar-refractivity contribution is 0.122. The van der Waals surface area contributed by atoms with Crippen LogP contribution in [0.15, 0.2) is 48.5 Å². The third-order valence-corrected chi connectivity index (χ3v) is 3.53. The molecule has 2 heteroatoms. The van der Waals surface area contributed by atoms with E-state index in [4.69, 9.17) is 4.74 Å². The van der Waals surface area contributed by atoms with Gasteiger partial charge in [0.05, 0.1) is 13.2 Å². The standard InChI is InChI=1S/C17H18NO/c1-14-2-4-15(5-3-14)16-6-8-17(9-7-16)18-10-12-19-13-11-18/h2-9H,1,10-13H2. The van der Waals surface area contributed by atoms with E-state index in [1.54, 1.807) is 0 Å². The maximum atomic E-state index is 5.38. The van der Waals surface area contributed by atoms with Crippen LogP contribution in [0.4, 0.5) is 5.69 Å². The number of benzene rings is 2. The molecule has 0 aromatic heterocycles. The molecule has 3 rings (SSSR count). The van der Waals surface area contributed by atoms with Crippen molar-refractivity contribution in [2.24, 2.45) is 0 Å². The summed E-state index contributed by atoms with van der Waals surface area (Å²) in [4.78, 5) is 2.37. The largest absolute Gasteiger partial charge is 0.378 e. The van der Waals surface area contributed by atoms with Gasteiger partial charge in [-0.2, -0.15) is 0 Å². The fourth-order valence-electron chi connectivity index (χ4n) is 2.38. The molecule has 0 saturated carbocycles. The Morgan fingerprint density at radius 1 is 0.789 bits per heavy atom. The lowest BCUT2D eigenvalue weighted by Gasteiger charge is -2.28. The number of nitrogens with zero attached hydrogens (tertiary/aromatic N) is 1. The minimum absolute atomic E-state index is 0.826. The van der Waals surface area contributed by atoms with Crippen LogP contribution in [0.5, 0.6) is 0 Å². The summed E-state index contributed by atoms with van der Waals surface area (Å²) in [5.41, 5.74) is 4.81. The van der Waals surface area contributed by atoms with Crippen LogP contribution in [-0.2, 0) is 4.74 Å². The molecule has 0 atom stereocenters. The third kappa shape index (κ3) is 2.79. The van der Waals surface area contributed by atoms with Gasteiger partial charge in [-0.05, 0) is 35.7 Å². The molecule has 2 nitrogen and oxygen atoms in total. The van der Waals surface area contributed by atoms with Crippen molar-refractivity contribution in [1.29, 1.82) is 0 Å². The fourth-order valence-corrected chi connectivity index (χ4v) is 2.38. The Morgan fingerprint density at radius 2 is 1.32 bits per heavy atom. The smallest absolute Gasteiger partial charge is 0.0642 e. The summed E-state index contributed by atoms with van der Waals surface area (Å²) in [6.07, 6.45) is 0. The predicted molar refractivity (Wildman–Crippen MR) is 79.4 cm³/mol. The summed E-state index contributed by atoms with van der Waals surface area (Å²) >= 11 is 0. The average Bonchev–Trinajstić information content (AvgIpc) is 2.49. The first-order chi connectivity index (χ1) is 9.33. The monoisotopic (exact) mass is 252 g/mol. The Bertz CT molecular complexity index is 524. The zero-order chi connectivity index (χ0) is 13.1. The molecule has 97 valence electrons. The van der Waals surface area contributed by atoms with Gasteiger partial charge in [-0.15, -0.1) is 0 Å². The number of hydrogen-bond donors (Lipinski definition) is 0. The van der Waals surface area contributed by atoms with Gasteiger partial charge < -0.3 is 9.64 Å². The van der Waals surface area contributed by atoms with Crippen LogP contribution in [0.1, 0.15) is 5.56 Å². The van der Waals surface area contributed by atoms with Crippen molar-refractivity contribution in [1.82, 2.24) is 0 Å². The van der Waals surface area contributed by atoms with Gasteiger partial charge in [0.2, 0.25) is 0 Å². The van der Waals surface area contributed by atoms with Crippen molar-refractivity contribution >= 4 is 5.69 Å². The molecule has 0 unspecified atom stereocenters. The molecule has 1 saturated heterocycles. The fraction of sp³-hybridized carbons (Fsp3) is 0.235. The maximum absolute atomic E-state index is 5.38. The Labute approximate surface area is 114 Å². The van der Waals surface area contributed by atoms with E-state index in [0.717, 1.165) is 31.9 Å². The maximum Gasteiger partial charge on any atom is 0.0642 e. The van der Waals surface area contributed by atoms with E-state index in [-0.39, 0.29) is 0 Å². The first kappa shape index (κ1) is 12.2. The summed E-state index contributed by atoms with van der Waals surface area (Å²) < 4.78 is 5.38. The number of morpholine rings is 1. The third-order valence-electron chi connectivity index (χ3n) is 3.53. The molecule has 1 aliphatic rings. The quantitative estimate of drug-likeness (QED) is 0.812. The van der Waals surface area contributed by atoms with Crippen LogP contribution >= 0.6 is 0 Å². The first-order valence-electron chi connectivity index (χ1n) is 6.68. The van der Waals surface area contributed by atoms with Crippen LogP contribution in [0.2, 0.25) is 0 Å². The zero-order valence-corrected chi connectivity index (χ0v) is 11.0. The van der Waals surface area contributed by atoms with Gasteiger partial charge in [0.15, 0.2) is 0 Å². The van der Waals surface area contributed by atoms with Crippen LogP contribution in [0, 0.1) is 6.92 Å². The van der Waals surface area contributed by atoms with Gasteiger partial charge in [0.25, 0.3) is 0 Å². The summed E-state index contributed by atoms with van der Waals surface area (Å²) in [6, 6.07) is 17.1. The minimum atomic E-state index is 0.826. The van der Waals surface area contributed by atoms with E-state index < -0.39 is 0 Å². The summed E-state index contributed by atoms with van der Waals surface area (Å²) in [7, 11) is 0.